The fourth-order valence-corrected chi connectivity index (χ4v) is 2.67. The molecule has 0 N–H and O–H groups in total. The zero-order valence-electron chi connectivity index (χ0n) is 9.42. The smallest absolute Gasteiger partial charge is 0.225 e. The molecule has 1 aromatic carbocycles. The van der Waals surface area contributed by atoms with Crippen LogP contribution in [0, 0.1) is 17.0 Å². The Labute approximate surface area is 99.8 Å². The van der Waals surface area contributed by atoms with E-state index in [1.54, 1.807) is 12.1 Å². The van der Waals surface area contributed by atoms with E-state index in [0.717, 1.165) is 5.56 Å². The highest BCUT2D eigenvalue weighted by molar-refractivity contribution is 7.91. The number of nitrogens with zero attached hydrogens (tertiary/aromatic N) is 1. The van der Waals surface area contributed by atoms with Gasteiger partial charge in [-0.15, -0.1) is 0 Å². The molecule has 0 bridgehead atoms. The average molecular weight is 255 g/mol. The molecule has 0 amide bonds. The largest absolute Gasteiger partial charge is 0.264 e. The molecule has 0 atom stereocenters. The highest BCUT2D eigenvalue weighted by Gasteiger charge is 2.17. The van der Waals surface area contributed by atoms with Crippen molar-refractivity contribution in [2.75, 3.05) is 12.3 Å². The van der Waals surface area contributed by atoms with Gasteiger partial charge in [0.2, 0.25) is 6.54 Å². The highest BCUT2D eigenvalue weighted by atomic mass is 32.2. The van der Waals surface area contributed by atoms with Crippen LogP contribution in [-0.4, -0.2) is 25.6 Å². The maximum absolute atomic E-state index is 11.9. The Kier molecular flexibility index (Phi) is 4.01. The van der Waals surface area contributed by atoms with Gasteiger partial charge in [-0.2, -0.15) is 0 Å². The molecular weight excluding hydrogens is 242 g/mol. The summed E-state index contributed by atoms with van der Waals surface area (Å²) in [4.78, 5) is 9.80. The molecule has 0 aliphatic carbocycles. The molecule has 0 saturated carbocycles. The first-order chi connectivity index (χ1) is 7.81. The predicted octanol–water partition coefficient (Wildman–Crippen LogP) is 1.60. The van der Waals surface area contributed by atoms with E-state index in [2.05, 4.69) is 6.58 Å². The van der Waals surface area contributed by atoms with Crippen LogP contribution in [-0.2, 0) is 9.84 Å². The summed E-state index contributed by atoms with van der Waals surface area (Å²) in [5, 5.41) is 10.2. The van der Waals surface area contributed by atoms with Gasteiger partial charge in [0.1, 0.15) is 0 Å². The van der Waals surface area contributed by atoms with Crippen LogP contribution in [0.4, 0.5) is 0 Å². The Morgan fingerprint density at radius 1 is 1.35 bits per heavy atom. The summed E-state index contributed by atoms with van der Waals surface area (Å²) >= 11 is 0. The normalized spacial score (nSPS) is 11.1. The first-order valence-corrected chi connectivity index (χ1v) is 6.54. The third-order valence-electron chi connectivity index (χ3n) is 2.13. The van der Waals surface area contributed by atoms with E-state index in [1.807, 2.05) is 6.92 Å². The zero-order chi connectivity index (χ0) is 13.1. The number of aryl methyl sites for hydroxylation is 1. The number of benzene rings is 1. The molecular formula is C11H13NO4S. The van der Waals surface area contributed by atoms with Crippen LogP contribution in [0.2, 0.25) is 0 Å². The van der Waals surface area contributed by atoms with Crippen molar-refractivity contribution in [3.63, 3.8) is 0 Å². The summed E-state index contributed by atoms with van der Waals surface area (Å²) in [5.74, 6) is -0.392. The van der Waals surface area contributed by atoms with Crippen molar-refractivity contribution >= 4 is 9.84 Å². The van der Waals surface area contributed by atoms with E-state index < -0.39 is 27.1 Å². The lowest BCUT2D eigenvalue weighted by Crippen LogP contribution is -2.14. The lowest BCUT2D eigenvalue weighted by molar-refractivity contribution is -0.470. The van der Waals surface area contributed by atoms with Gasteiger partial charge in [0, 0.05) is 10.5 Å². The predicted molar refractivity (Wildman–Crippen MR) is 64.2 cm³/mol. The van der Waals surface area contributed by atoms with Gasteiger partial charge in [-0.25, -0.2) is 8.42 Å². The lowest BCUT2D eigenvalue weighted by atomic mass is 10.2. The summed E-state index contributed by atoms with van der Waals surface area (Å²) < 4.78 is 23.7. The first kappa shape index (κ1) is 13.4. The van der Waals surface area contributed by atoms with Gasteiger partial charge >= 0.3 is 0 Å². The Hall–Kier alpha value is -1.69. The monoisotopic (exact) mass is 255 g/mol. The SMILES string of the molecule is C=C(C[N+](=O)[O-])CS(=O)(=O)c1ccc(C)cc1. The maximum atomic E-state index is 11.9. The molecule has 0 aromatic heterocycles. The minimum absolute atomic E-state index is 0.0792. The summed E-state index contributed by atoms with van der Waals surface area (Å²) in [6.07, 6.45) is 0. The van der Waals surface area contributed by atoms with Crippen molar-refractivity contribution in [2.24, 2.45) is 0 Å². The molecule has 1 aromatic rings. The van der Waals surface area contributed by atoms with Crippen molar-refractivity contribution in [3.05, 3.63) is 52.1 Å². The quantitative estimate of drug-likeness (QED) is 0.455. The van der Waals surface area contributed by atoms with Crippen molar-refractivity contribution in [3.8, 4) is 0 Å². The molecule has 0 heterocycles. The third-order valence-corrected chi connectivity index (χ3v) is 3.91. The van der Waals surface area contributed by atoms with Crippen molar-refractivity contribution in [2.45, 2.75) is 11.8 Å². The van der Waals surface area contributed by atoms with Crippen molar-refractivity contribution < 1.29 is 13.3 Å². The van der Waals surface area contributed by atoms with E-state index in [-0.39, 0.29) is 10.5 Å². The summed E-state index contributed by atoms with van der Waals surface area (Å²) in [6.45, 7) is 4.73. The number of rotatable bonds is 5. The van der Waals surface area contributed by atoms with E-state index in [9.17, 15) is 18.5 Å². The first-order valence-electron chi connectivity index (χ1n) is 4.89. The fourth-order valence-electron chi connectivity index (χ4n) is 1.33. The summed E-state index contributed by atoms with van der Waals surface area (Å²) in [7, 11) is -3.53. The molecule has 0 aliphatic rings. The average Bonchev–Trinajstić information content (AvgIpc) is 2.15. The van der Waals surface area contributed by atoms with Crippen LogP contribution in [0.1, 0.15) is 5.56 Å². The second-order valence-electron chi connectivity index (χ2n) is 3.81. The molecule has 0 saturated heterocycles. The minimum atomic E-state index is -3.53. The van der Waals surface area contributed by atoms with Crippen molar-refractivity contribution in [1.29, 1.82) is 0 Å². The van der Waals surface area contributed by atoms with Gasteiger partial charge in [-0.1, -0.05) is 24.3 Å². The fraction of sp³-hybridized carbons (Fsp3) is 0.273. The molecule has 0 radical (unpaired) electrons. The number of nitro groups is 1. The lowest BCUT2D eigenvalue weighted by Gasteiger charge is -2.04. The molecule has 1 rings (SSSR count). The summed E-state index contributed by atoms with van der Waals surface area (Å²) in [6, 6.07) is 6.35. The van der Waals surface area contributed by atoms with Crippen LogP contribution in [0.15, 0.2) is 41.3 Å². The van der Waals surface area contributed by atoms with Gasteiger partial charge in [0.05, 0.1) is 10.6 Å². The Morgan fingerprint density at radius 3 is 2.35 bits per heavy atom. The van der Waals surface area contributed by atoms with Crippen LogP contribution in [0.3, 0.4) is 0 Å². The zero-order valence-corrected chi connectivity index (χ0v) is 10.2. The molecule has 0 fully saturated rings. The van der Waals surface area contributed by atoms with Gasteiger partial charge < -0.3 is 0 Å². The number of hydrogen-bond acceptors (Lipinski definition) is 4. The minimum Gasteiger partial charge on any atom is -0.264 e. The molecule has 17 heavy (non-hydrogen) atoms. The molecule has 6 heteroatoms. The summed E-state index contributed by atoms with van der Waals surface area (Å²) in [5.41, 5.74) is 1.03. The molecule has 0 aliphatic heterocycles. The number of sulfone groups is 1. The maximum Gasteiger partial charge on any atom is 0.225 e. The molecule has 0 unspecified atom stereocenters. The second kappa shape index (κ2) is 5.09. The van der Waals surface area contributed by atoms with E-state index in [4.69, 9.17) is 0 Å². The standard InChI is InChI=1S/C11H13NO4S/c1-9-3-5-11(6-4-9)17(15,16)8-10(2)7-12(13)14/h3-6H,2,7-8H2,1H3. The Bertz CT molecular complexity index is 531. The van der Waals surface area contributed by atoms with E-state index in [1.165, 1.54) is 12.1 Å². The van der Waals surface area contributed by atoms with Gasteiger partial charge in [0.15, 0.2) is 9.84 Å². The van der Waals surface area contributed by atoms with E-state index in [0.29, 0.717) is 0 Å². The van der Waals surface area contributed by atoms with Gasteiger partial charge in [-0.3, -0.25) is 10.1 Å². The molecule has 92 valence electrons. The van der Waals surface area contributed by atoms with Crippen LogP contribution < -0.4 is 0 Å². The van der Waals surface area contributed by atoms with Gasteiger partial charge in [0.25, 0.3) is 0 Å². The van der Waals surface area contributed by atoms with Crippen molar-refractivity contribution in [1.82, 2.24) is 0 Å². The Morgan fingerprint density at radius 2 is 1.88 bits per heavy atom. The highest BCUT2D eigenvalue weighted by Crippen LogP contribution is 2.14. The topological polar surface area (TPSA) is 77.3 Å². The van der Waals surface area contributed by atoms with E-state index >= 15 is 0 Å². The number of hydrogen-bond donors (Lipinski definition) is 0. The second-order valence-corrected chi connectivity index (χ2v) is 5.80. The van der Waals surface area contributed by atoms with Crippen LogP contribution in [0.5, 0.6) is 0 Å². The van der Waals surface area contributed by atoms with Gasteiger partial charge in [-0.05, 0) is 19.1 Å². The van der Waals surface area contributed by atoms with Crippen LogP contribution in [0.25, 0.3) is 0 Å². The molecule has 0 spiro atoms. The molecule has 5 nitrogen and oxygen atoms in total. The van der Waals surface area contributed by atoms with Crippen LogP contribution >= 0.6 is 0 Å². The third kappa shape index (κ3) is 3.99. The Balaban J connectivity index is 2.86.